The van der Waals surface area contributed by atoms with Crippen LogP contribution in [0.2, 0.25) is 0 Å². The molecule has 120 valence electrons. The number of hydrogen-bond donors (Lipinski definition) is 0. The van der Waals surface area contributed by atoms with Crippen molar-refractivity contribution in [3.63, 3.8) is 0 Å². The van der Waals surface area contributed by atoms with Gasteiger partial charge in [0.2, 0.25) is 0 Å². The molecule has 23 heavy (non-hydrogen) atoms. The summed E-state index contributed by atoms with van der Waals surface area (Å²) in [5.41, 5.74) is 0.619. The van der Waals surface area contributed by atoms with Crippen molar-refractivity contribution in [1.82, 2.24) is 14.8 Å². The van der Waals surface area contributed by atoms with Crippen LogP contribution < -0.4 is 0 Å². The van der Waals surface area contributed by atoms with Crippen LogP contribution in [0, 0.1) is 6.92 Å². The minimum absolute atomic E-state index is 0.192. The van der Waals surface area contributed by atoms with Gasteiger partial charge >= 0.3 is 5.97 Å². The molecule has 0 aromatic carbocycles. The van der Waals surface area contributed by atoms with Gasteiger partial charge in [0.05, 0.1) is 24.5 Å². The molecule has 0 radical (unpaired) electrons. The molecule has 0 atom stereocenters. The number of carbonyl (C=O) groups excluding carboxylic acids is 1. The molecular formula is C15H13F2N3O3. The number of carbonyl (C=O) groups is 1. The standard InChI is InChI=1S/C15H13F2N3O3/c1-8-13-9(14(16)17)6-10(11-4-3-5-23-11)18-15(13)20(19-8)7-12(21)22-2/h3-6,14H,7H2,1-2H3. The molecular weight excluding hydrogens is 308 g/mol. The van der Waals surface area contributed by atoms with Crippen LogP contribution in [0.4, 0.5) is 8.78 Å². The summed E-state index contributed by atoms with van der Waals surface area (Å²) in [6, 6.07) is 4.54. The first kappa shape index (κ1) is 15.1. The van der Waals surface area contributed by atoms with Gasteiger partial charge in [-0.2, -0.15) is 5.10 Å². The first-order valence-corrected chi connectivity index (χ1v) is 6.78. The average Bonchev–Trinajstić information content (AvgIpc) is 3.15. The lowest BCUT2D eigenvalue weighted by Gasteiger charge is -2.07. The van der Waals surface area contributed by atoms with Gasteiger partial charge in [-0.15, -0.1) is 0 Å². The monoisotopic (exact) mass is 321 g/mol. The van der Waals surface area contributed by atoms with E-state index in [0.29, 0.717) is 11.5 Å². The molecule has 0 saturated carbocycles. The van der Waals surface area contributed by atoms with Crippen molar-refractivity contribution in [2.45, 2.75) is 19.9 Å². The number of hydrogen-bond acceptors (Lipinski definition) is 5. The Labute approximate surface area is 129 Å². The molecule has 0 fully saturated rings. The van der Waals surface area contributed by atoms with Gasteiger partial charge in [-0.05, 0) is 25.1 Å². The third-order valence-electron chi connectivity index (χ3n) is 3.42. The van der Waals surface area contributed by atoms with Crippen LogP contribution in [-0.2, 0) is 16.1 Å². The number of pyridine rings is 1. The summed E-state index contributed by atoms with van der Waals surface area (Å²) in [6.45, 7) is 1.38. The Bertz CT molecular complexity index is 857. The van der Waals surface area contributed by atoms with E-state index in [1.54, 1.807) is 19.1 Å². The summed E-state index contributed by atoms with van der Waals surface area (Å²) >= 11 is 0. The van der Waals surface area contributed by atoms with Crippen molar-refractivity contribution < 1.29 is 22.7 Å². The summed E-state index contributed by atoms with van der Waals surface area (Å²) in [5, 5.41) is 4.37. The third-order valence-corrected chi connectivity index (χ3v) is 3.42. The molecule has 0 spiro atoms. The smallest absolute Gasteiger partial charge is 0.327 e. The van der Waals surface area contributed by atoms with Gasteiger partial charge in [-0.3, -0.25) is 4.79 Å². The second-order valence-corrected chi connectivity index (χ2v) is 4.89. The molecule has 3 rings (SSSR count). The fraction of sp³-hybridized carbons (Fsp3) is 0.267. The van der Waals surface area contributed by atoms with Gasteiger partial charge in [0.15, 0.2) is 11.4 Å². The highest BCUT2D eigenvalue weighted by atomic mass is 19.3. The predicted molar refractivity (Wildman–Crippen MR) is 76.9 cm³/mol. The zero-order chi connectivity index (χ0) is 16.6. The maximum absolute atomic E-state index is 13.4. The maximum atomic E-state index is 13.4. The van der Waals surface area contributed by atoms with Gasteiger partial charge in [0.25, 0.3) is 6.43 Å². The van der Waals surface area contributed by atoms with E-state index < -0.39 is 12.4 Å². The number of rotatable bonds is 4. The van der Waals surface area contributed by atoms with E-state index in [4.69, 9.17) is 4.42 Å². The van der Waals surface area contributed by atoms with Crippen molar-refractivity contribution in [2.24, 2.45) is 0 Å². The molecule has 0 aliphatic heterocycles. The van der Waals surface area contributed by atoms with Crippen LogP contribution in [-0.4, -0.2) is 27.8 Å². The first-order valence-electron chi connectivity index (χ1n) is 6.78. The Morgan fingerprint density at radius 2 is 2.26 bits per heavy atom. The quantitative estimate of drug-likeness (QED) is 0.691. The molecule has 0 saturated heterocycles. The number of alkyl halides is 2. The molecule has 3 aromatic heterocycles. The fourth-order valence-electron chi connectivity index (χ4n) is 2.41. The van der Waals surface area contributed by atoms with E-state index in [-0.39, 0.29) is 28.8 Å². The number of halogens is 2. The average molecular weight is 321 g/mol. The zero-order valence-corrected chi connectivity index (χ0v) is 12.4. The van der Waals surface area contributed by atoms with Crippen LogP contribution in [0.5, 0.6) is 0 Å². The van der Waals surface area contributed by atoms with E-state index in [0.717, 1.165) is 0 Å². The normalized spacial score (nSPS) is 11.3. The predicted octanol–water partition coefficient (Wildman–Crippen LogP) is 3.11. The van der Waals surface area contributed by atoms with Crippen LogP contribution in [0.15, 0.2) is 28.9 Å². The van der Waals surface area contributed by atoms with Crippen LogP contribution >= 0.6 is 0 Å². The Morgan fingerprint density at radius 3 is 2.87 bits per heavy atom. The van der Waals surface area contributed by atoms with Crippen molar-refractivity contribution in [1.29, 1.82) is 0 Å². The summed E-state index contributed by atoms with van der Waals surface area (Å²) in [6.07, 6.45) is -1.27. The molecule has 0 amide bonds. The lowest BCUT2D eigenvalue weighted by atomic mass is 10.1. The Kier molecular flexibility index (Phi) is 3.81. The molecule has 0 bridgehead atoms. The number of ether oxygens (including phenoxy) is 1. The summed E-state index contributed by atoms with van der Waals surface area (Å²) in [7, 11) is 1.24. The van der Waals surface area contributed by atoms with Gasteiger partial charge < -0.3 is 9.15 Å². The maximum Gasteiger partial charge on any atom is 0.327 e. The van der Waals surface area contributed by atoms with E-state index in [1.165, 1.54) is 24.1 Å². The number of nitrogens with zero attached hydrogens (tertiary/aromatic N) is 3. The summed E-state index contributed by atoms with van der Waals surface area (Å²) < 4.78 is 38.0. The molecule has 0 aliphatic rings. The fourth-order valence-corrected chi connectivity index (χ4v) is 2.41. The third kappa shape index (κ3) is 2.67. The number of furan rings is 1. The SMILES string of the molecule is COC(=O)Cn1nc(C)c2c(C(F)F)cc(-c3ccco3)nc21. The second kappa shape index (κ2) is 5.79. The van der Waals surface area contributed by atoms with Crippen molar-refractivity contribution >= 4 is 17.0 Å². The lowest BCUT2D eigenvalue weighted by molar-refractivity contribution is -0.141. The topological polar surface area (TPSA) is 70.2 Å². The van der Waals surface area contributed by atoms with Gasteiger partial charge in [0, 0.05) is 5.56 Å². The van der Waals surface area contributed by atoms with Gasteiger partial charge in [0.1, 0.15) is 12.2 Å². The Morgan fingerprint density at radius 1 is 1.48 bits per heavy atom. The molecule has 0 N–H and O–H groups in total. The van der Waals surface area contributed by atoms with Crippen molar-refractivity contribution in [3.8, 4) is 11.5 Å². The van der Waals surface area contributed by atoms with Crippen LogP contribution in [0.1, 0.15) is 17.7 Å². The largest absolute Gasteiger partial charge is 0.468 e. The number of fused-ring (bicyclic) bond motifs is 1. The van der Waals surface area contributed by atoms with Crippen LogP contribution in [0.3, 0.4) is 0 Å². The molecule has 3 heterocycles. The second-order valence-electron chi connectivity index (χ2n) is 4.89. The highest BCUT2D eigenvalue weighted by Gasteiger charge is 2.22. The number of aryl methyl sites for hydroxylation is 1. The summed E-state index contributed by atoms with van der Waals surface area (Å²) in [4.78, 5) is 15.8. The summed E-state index contributed by atoms with van der Waals surface area (Å²) in [5.74, 6) is -0.185. The number of aromatic nitrogens is 3. The van der Waals surface area contributed by atoms with Crippen LogP contribution in [0.25, 0.3) is 22.5 Å². The highest BCUT2D eigenvalue weighted by Crippen LogP contribution is 2.33. The highest BCUT2D eigenvalue weighted by molar-refractivity contribution is 5.86. The lowest BCUT2D eigenvalue weighted by Crippen LogP contribution is -2.13. The number of esters is 1. The van der Waals surface area contributed by atoms with Crippen molar-refractivity contribution in [2.75, 3.05) is 7.11 Å². The van der Waals surface area contributed by atoms with E-state index in [2.05, 4.69) is 14.8 Å². The molecule has 0 unspecified atom stereocenters. The van der Waals surface area contributed by atoms with Crippen molar-refractivity contribution in [3.05, 3.63) is 35.7 Å². The number of methoxy groups -OCH3 is 1. The molecule has 8 heteroatoms. The van der Waals surface area contributed by atoms with E-state index >= 15 is 0 Å². The van der Waals surface area contributed by atoms with E-state index in [9.17, 15) is 13.6 Å². The zero-order valence-electron chi connectivity index (χ0n) is 12.4. The van der Waals surface area contributed by atoms with Gasteiger partial charge in [-0.1, -0.05) is 0 Å². The molecule has 6 nitrogen and oxygen atoms in total. The van der Waals surface area contributed by atoms with E-state index in [1.807, 2.05) is 0 Å². The minimum atomic E-state index is -2.70. The Balaban J connectivity index is 2.25. The first-order chi connectivity index (χ1) is 11.0. The molecule has 0 aliphatic carbocycles. The Hall–Kier alpha value is -2.77. The minimum Gasteiger partial charge on any atom is -0.468 e. The van der Waals surface area contributed by atoms with Gasteiger partial charge in [-0.25, -0.2) is 18.4 Å². The molecule has 3 aromatic rings.